The first kappa shape index (κ1) is 14.9. The number of hydrogen-bond donors (Lipinski definition) is 0. The van der Waals surface area contributed by atoms with E-state index in [0.29, 0.717) is 5.15 Å². The van der Waals surface area contributed by atoms with Gasteiger partial charge in [0.15, 0.2) is 0 Å². The van der Waals surface area contributed by atoms with Crippen molar-refractivity contribution in [1.82, 2.24) is 4.98 Å². The molecule has 0 N–H and O–H groups in total. The third-order valence-electron chi connectivity index (χ3n) is 4.28. The van der Waals surface area contributed by atoms with Crippen LogP contribution in [0.5, 0.6) is 0 Å². The Balaban J connectivity index is 1.96. The summed E-state index contributed by atoms with van der Waals surface area (Å²) in [5.41, 5.74) is 4.38. The second-order valence-corrected chi connectivity index (χ2v) is 6.17. The van der Waals surface area contributed by atoms with E-state index in [9.17, 15) is 0 Å². The lowest BCUT2D eigenvalue weighted by Crippen LogP contribution is -2.05. The van der Waals surface area contributed by atoms with Crippen molar-refractivity contribution in [1.29, 1.82) is 0 Å². The summed E-state index contributed by atoms with van der Waals surface area (Å²) in [5.74, 6) is 0.0667. The van der Waals surface area contributed by atoms with Gasteiger partial charge in [-0.3, -0.25) is 0 Å². The first-order valence-corrected chi connectivity index (χ1v) is 8.36. The van der Waals surface area contributed by atoms with Crippen LogP contribution in [0.4, 0.5) is 0 Å². The smallest absolute Gasteiger partial charge is 0.133 e. The number of hydrogen-bond acceptors (Lipinski definition) is 1. The maximum absolute atomic E-state index is 6.59. The molecule has 1 aromatic heterocycles. The molecule has 0 saturated heterocycles. The average molecular weight is 330 g/mol. The predicted octanol–water partition coefficient (Wildman–Crippen LogP) is 6.07. The fourth-order valence-electron chi connectivity index (χ4n) is 3.15. The highest BCUT2D eigenvalue weighted by atomic mass is 35.5. The van der Waals surface area contributed by atoms with E-state index in [1.54, 1.807) is 0 Å². The van der Waals surface area contributed by atoms with Crippen molar-refractivity contribution in [2.75, 3.05) is 0 Å². The van der Waals surface area contributed by atoms with Crippen LogP contribution in [0.15, 0.2) is 91.0 Å². The van der Waals surface area contributed by atoms with Crippen LogP contribution < -0.4 is 0 Å². The Bertz CT molecular complexity index is 925. The molecule has 1 heterocycles. The van der Waals surface area contributed by atoms with Crippen molar-refractivity contribution in [3.63, 3.8) is 0 Å². The minimum absolute atomic E-state index is 0.0667. The SMILES string of the molecule is Clc1nc2ccccc2cc1C(c1ccccc1)c1ccccc1. The topological polar surface area (TPSA) is 12.9 Å². The molecule has 24 heavy (non-hydrogen) atoms. The Morgan fingerprint density at radius 2 is 1.21 bits per heavy atom. The lowest BCUT2D eigenvalue weighted by Gasteiger charge is -2.20. The average Bonchev–Trinajstić information content (AvgIpc) is 2.64. The molecule has 0 unspecified atom stereocenters. The largest absolute Gasteiger partial charge is 0.236 e. The molecular formula is C22H16ClN. The molecule has 0 bridgehead atoms. The van der Waals surface area contributed by atoms with Crippen molar-refractivity contribution in [2.24, 2.45) is 0 Å². The summed E-state index contributed by atoms with van der Waals surface area (Å²) in [7, 11) is 0. The van der Waals surface area contributed by atoms with E-state index < -0.39 is 0 Å². The standard InChI is InChI=1S/C22H16ClN/c23-22-19(15-18-13-7-8-14-20(18)24-22)21(16-9-3-1-4-10-16)17-11-5-2-6-12-17/h1-15,21H. The molecule has 0 aliphatic heterocycles. The second kappa shape index (κ2) is 6.46. The van der Waals surface area contributed by atoms with E-state index in [1.807, 2.05) is 30.3 Å². The maximum Gasteiger partial charge on any atom is 0.133 e. The van der Waals surface area contributed by atoms with Crippen molar-refractivity contribution in [3.05, 3.63) is 113 Å². The summed E-state index contributed by atoms with van der Waals surface area (Å²) < 4.78 is 0. The Kier molecular flexibility index (Phi) is 4.02. The summed E-state index contributed by atoms with van der Waals surface area (Å²) in [4.78, 5) is 4.61. The number of pyridine rings is 1. The number of halogens is 1. The third kappa shape index (κ3) is 2.79. The van der Waals surface area contributed by atoms with Crippen LogP contribution in [0.3, 0.4) is 0 Å². The number of aromatic nitrogens is 1. The molecule has 1 nitrogen and oxygen atoms in total. The van der Waals surface area contributed by atoms with Gasteiger partial charge in [0.25, 0.3) is 0 Å². The van der Waals surface area contributed by atoms with Gasteiger partial charge in [0, 0.05) is 16.9 Å². The van der Waals surface area contributed by atoms with Gasteiger partial charge in [-0.1, -0.05) is 90.5 Å². The molecule has 0 amide bonds. The highest BCUT2D eigenvalue weighted by Crippen LogP contribution is 2.36. The molecular weight excluding hydrogens is 314 g/mol. The fourth-order valence-corrected chi connectivity index (χ4v) is 3.41. The van der Waals surface area contributed by atoms with E-state index >= 15 is 0 Å². The van der Waals surface area contributed by atoms with E-state index in [4.69, 9.17) is 11.6 Å². The molecule has 4 rings (SSSR count). The van der Waals surface area contributed by atoms with Crippen LogP contribution in [0.1, 0.15) is 22.6 Å². The second-order valence-electron chi connectivity index (χ2n) is 5.82. The van der Waals surface area contributed by atoms with Crippen LogP contribution in [-0.4, -0.2) is 4.98 Å². The number of rotatable bonds is 3. The van der Waals surface area contributed by atoms with Gasteiger partial charge in [-0.15, -0.1) is 0 Å². The Hall–Kier alpha value is -2.64. The highest BCUT2D eigenvalue weighted by Gasteiger charge is 2.20. The Morgan fingerprint density at radius 3 is 1.83 bits per heavy atom. The summed E-state index contributed by atoms with van der Waals surface area (Å²) in [6, 6.07) is 31.1. The van der Waals surface area contributed by atoms with Gasteiger partial charge >= 0.3 is 0 Å². The molecule has 0 fully saturated rings. The van der Waals surface area contributed by atoms with E-state index in [-0.39, 0.29) is 5.92 Å². The Labute approximate surface area is 146 Å². The number of benzene rings is 3. The van der Waals surface area contributed by atoms with Gasteiger partial charge < -0.3 is 0 Å². The minimum Gasteiger partial charge on any atom is -0.236 e. The molecule has 0 radical (unpaired) electrons. The molecule has 0 spiro atoms. The monoisotopic (exact) mass is 329 g/mol. The van der Waals surface area contributed by atoms with Crippen molar-refractivity contribution >= 4 is 22.5 Å². The zero-order valence-corrected chi connectivity index (χ0v) is 13.8. The van der Waals surface area contributed by atoms with Crippen LogP contribution in [0, 0.1) is 0 Å². The molecule has 0 aliphatic carbocycles. The third-order valence-corrected chi connectivity index (χ3v) is 4.58. The summed E-state index contributed by atoms with van der Waals surface area (Å²) in [5, 5.41) is 1.67. The summed E-state index contributed by atoms with van der Waals surface area (Å²) >= 11 is 6.59. The molecule has 0 saturated carbocycles. The summed E-state index contributed by atoms with van der Waals surface area (Å²) in [6.45, 7) is 0. The lowest BCUT2D eigenvalue weighted by atomic mass is 9.85. The molecule has 3 aromatic carbocycles. The van der Waals surface area contributed by atoms with Crippen LogP contribution in [0.25, 0.3) is 10.9 Å². The van der Waals surface area contributed by atoms with Crippen molar-refractivity contribution in [3.8, 4) is 0 Å². The van der Waals surface area contributed by atoms with Gasteiger partial charge in [-0.25, -0.2) is 4.98 Å². The predicted molar refractivity (Wildman–Crippen MR) is 101 cm³/mol. The maximum atomic E-state index is 6.59. The molecule has 0 atom stereocenters. The first-order chi connectivity index (χ1) is 11.8. The number of fused-ring (bicyclic) bond motifs is 1. The van der Waals surface area contributed by atoms with Gasteiger partial charge in [-0.05, 0) is 23.3 Å². The fraction of sp³-hybridized carbons (Fsp3) is 0.0455. The van der Waals surface area contributed by atoms with Crippen LogP contribution in [0.2, 0.25) is 5.15 Å². The zero-order chi connectivity index (χ0) is 16.4. The minimum atomic E-state index is 0.0667. The highest BCUT2D eigenvalue weighted by molar-refractivity contribution is 6.30. The zero-order valence-electron chi connectivity index (χ0n) is 13.1. The van der Waals surface area contributed by atoms with E-state index in [0.717, 1.165) is 16.5 Å². The lowest BCUT2D eigenvalue weighted by molar-refractivity contribution is 0.970. The normalized spacial score (nSPS) is 11.1. The van der Waals surface area contributed by atoms with Gasteiger partial charge in [0.1, 0.15) is 5.15 Å². The van der Waals surface area contributed by atoms with Gasteiger partial charge in [-0.2, -0.15) is 0 Å². The summed E-state index contributed by atoms with van der Waals surface area (Å²) in [6.07, 6.45) is 0. The molecule has 2 heteroatoms. The van der Waals surface area contributed by atoms with Gasteiger partial charge in [0.2, 0.25) is 0 Å². The molecule has 4 aromatic rings. The first-order valence-electron chi connectivity index (χ1n) is 7.98. The molecule has 116 valence electrons. The van der Waals surface area contributed by atoms with Crippen LogP contribution >= 0.6 is 11.6 Å². The number of para-hydroxylation sites is 1. The van der Waals surface area contributed by atoms with Crippen molar-refractivity contribution < 1.29 is 0 Å². The molecule has 0 aliphatic rings. The van der Waals surface area contributed by atoms with Gasteiger partial charge in [0.05, 0.1) is 5.52 Å². The van der Waals surface area contributed by atoms with E-state index in [1.165, 1.54) is 11.1 Å². The van der Waals surface area contributed by atoms with Crippen LogP contribution in [-0.2, 0) is 0 Å². The quantitative estimate of drug-likeness (QED) is 0.416. The Morgan fingerprint density at radius 1 is 0.667 bits per heavy atom. The number of nitrogens with zero attached hydrogens (tertiary/aromatic N) is 1. The van der Waals surface area contributed by atoms with E-state index in [2.05, 4.69) is 65.6 Å². The van der Waals surface area contributed by atoms with Crippen molar-refractivity contribution in [2.45, 2.75) is 5.92 Å².